The van der Waals surface area contributed by atoms with Gasteiger partial charge >= 0.3 is 0 Å². The summed E-state index contributed by atoms with van der Waals surface area (Å²) in [6, 6.07) is 0. The van der Waals surface area contributed by atoms with E-state index in [0.717, 1.165) is 18.2 Å². The molecule has 5 heteroatoms. The van der Waals surface area contributed by atoms with Gasteiger partial charge in [-0.1, -0.05) is 0 Å². The van der Waals surface area contributed by atoms with Gasteiger partial charge in [-0.25, -0.2) is 9.99 Å². The summed E-state index contributed by atoms with van der Waals surface area (Å²) in [5.74, 6) is 1.53. The van der Waals surface area contributed by atoms with Gasteiger partial charge in [0.25, 0.3) is 0 Å². The van der Waals surface area contributed by atoms with E-state index in [1.165, 1.54) is 0 Å². The third-order valence-corrected chi connectivity index (χ3v) is 1.33. The molecule has 0 aliphatic carbocycles. The number of hydrazine groups is 1. The molecule has 0 atom stereocenters. The van der Waals surface area contributed by atoms with E-state index in [-0.39, 0.29) is 0 Å². The summed E-state index contributed by atoms with van der Waals surface area (Å²) in [7, 11) is 3.81. The molecule has 0 amide bonds. The fourth-order valence-electron chi connectivity index (χ4n) is 0.915. The van der Waals surface area contributed by atoms with Crippen LogP contribution in [0.3, 0.4) is 0 Å². The zero-order valence-electron chi connectivity index (χ0n) is 8.20. The van der Waals surface area contributed by atoms with Gasteiger partial charge in [0.15, 0.2) is 5.82 Å². The van der Waals surface area contributed by atoms with E-state index in [0.29, 0.717) is 0 Å². The maximum absolute atomic E-state index is 4.28. The van der Waals surface area contributed by atoms with Crippen molar-refractivity contribution in [2.75, 3.05) is 31.4 Å². The minimum atomic E-state index is 0.739. The lowest BCUT2D eigenvalue weighted by Gasteiger charge is -2.12. The monoisotopic (exact) mass is 181 g/mol. The first-order chi connectivity index (χ1) is 6.22. The van der Waals surface area contributed by atoms with Crippen LogP contribution in [0.4, 0.5) is 11.6 Å². The largest absolute Gasteiger partial charge is 0.369 e. The Balaban J connectivity index is 2.67. The van der Waals surface area contributed by atoms with E-state index < -0.39 is 0 Å². The van der Waals surface area contributed by atoms with Crippen molar-refractivity contribution in [1.82, 2.24) is 15.0 Å². The highest BCUT2D eigenvalue weighted by Gasteiger charge is 1.96. The summed E-state index contributed by atoms with van der Waals surface area (Å²) >= 11 is 0. The molecule has 0 unspecified atom stereocenters. The van der Waals surface area contributed by atoms with Crippen LogP contribution in [0, 0.1) is 0 Å². The van der Waals surface area contributed by atoms with Crippen molar-refractivity contribution in [2.45, 2.75) is 6.92 Å². The first-order valence-electron chi connectivity index (χ1n) is 4.22. The van der Waals surface area contributed by atoms with Crippen LogP contribution in [0.1, 0.15) is 6.92 Å². The summed E-state index contributed by atoms with van der Waals surface area (Å²) in [5, 5.41) is 4.91. The van der Waals surface area contributed by atoms with Crippen molar-refractivity contribution in [1.29, 1.82) is 0 Å². The molecule has 0 aliphatic heterocycles. The first-order valence-corrected chi connectivity index (χ1v) is 4.22. The first kappa shape index (κ1) is 9.73. The highest BCUT2D eigenvalue weighted by atomic mass is 15.5. The highest BCUT2D eigenvalue weighted by Crippen LogP contribution is 2.05. The maximum atomic E-state index is 4.28. The van der Waals surface area contributed by atoms with Gasteiger partial charge in [0.05, 0.1) is 12.4 Å². The van der Waals surface area contributed by atoms with E-state index in [1.807, 2.05) is 26.0 Å². The maximum Gasteiger partial charge on any atom is 0.161 e. The van der Waals surface area contributed by atoms with Crippen LogP contribution >= 0.6 is 0 Å². The summed E-state index contributed by atoms with van der Waals surface area (Å²) in [5.41, 5.74) is 3.02. The Morgan fingerprint density at radius 1 is 1.31 bits per heavy atom. The topological polar surface area (TPSA) is 53.1 Å². The molecule has 72 valence electrons. The molecule has 0 saturated carbocycles. The van der Waals surface area contributed by atoms with E-state index in [9.17, 15) is 0 Å². The average molecular weight is 181 g/mol. The molecule has 13 heavy (non-hydrogen) atoms. The smallest absolute Gasteiger partial charge is 0.161 e. The Labute approximate surface area is 78.2 Å². The lowest BCUT2D eigenvalue weighted by Crippen LogP contribution is -2.20. The molecule has 0 spiro atoms. The molecule has 1 aromatic rings. The van der Waals surface area contributed by atoms with E-state index in [2.05, 4.69) is 20.7 Å². The number of anilines is 2. The fraction of sp³-hybridized carbons (Fsp3) is 0.500. The molecule has 0 aromatic carbocycles. The van der Waals surface area contributed by atoms with Crippen molar-refractivity contribution in [3.05, 3.63) is 12.4 Å². The fourth-order valence-corrected chi connectivity index (χ4v) is 0.915. The second kappa shape index (κ2) is 4.61. The Hall–Kier alpha value is -1.36. The van der Waals surface area contributed by atoms with E-state index >= 15 is 0 Å². The zero-order valence-corrected chi connectivity index (χ0v) is 8.20. The molecule has 0 bridgehead atoms. The molecule has 0 fully saturated rings. The molecule has 1 aromatic heterocycles. The Kier molecular flexibility index (Phi) is 3.45. The number of rotatable bonds is 4. The average Bonchev–Trinajstić information content (AvgIpc) is 2.04. The van der Waals surface area contributed by atoms with Crippen LogP contribution in [0.2, 0.25) is 0 Å². The van der Waals surface area contributed by atoms with Gasteiger partial charge in [0, 0.05) is 20.6 Å². The van der Waals surface area contributed by atoms with Crippen molar-refractivity contribution in [3.63, 3.8) is 0 Å². The second-order valence-corrected chi connectivity index (χ2v) is 2.83. The van der Waals surface area contributed by atoms with Crippen LogP contribution in [-0.2, 0) is 0 Å². The van der Waals surface area contributed by atoms with Gasteiger partial charge in [-0.15, -0.1) is 0 Å². The predicted octanol–water partition coefficient (Wildman–Crippen LogP) is 0.797. The number of nitrogens with one attached hydrogen (secondary N) is 2. The lowest BCUT2D eigenvalue weighted by molar-refractivity contribution is 0.492. The van der Waals surface area contributed by atoms with E-state index in [1.54, 1.807) is 12.4 Å². The Bertz CT molecular complexity index is 260. The van der Waals surface area contributed by atoms with Crippen LogP contribution in [-0.4, -0.2) is 35.6 Å². The van der Waals surface area contributed by atoms with Gasteiger partial charge in [-0.2, -0.15) is 0 Å². The minimum absolute atomic E-state index is 0.739. The van der Waals surface area contributed by atoms with Crippen molar-refractivity contribution in [3.8, 4) is 0 Å². The normalized spacial score (nSPS) is 10.2. The van der Waals surface area contributed by atoms with Crippen LogP contribution in [0.15, 0.2) is 12.4 Å². The number of hydrogen-bond donors (Lipinski definition) is 2. The van der Waals surface area contributed by atoms with Crippen LogP contribution in [0.25, 0.3) is 0 Å². The number of aromatic nitrogens is 2. The Morgan fingerprint density at radius 3 is 2.62 bits per heavy atom. The molecule has 0 saturated heterocycles. The predicted molar refractivity (Wildman–Crippen MR) is 53.5 cm³/mol. The lowest BCUT2D eigenvalue weighted by atomic mass is 10.6. The minimum Gasteiger partial charge on any atom is -0.369 e. The second-order valence-electron chi connectivity index (χ2n) is 2.83. The van der Waals surface area contributed by atoms with Crippen molar-refractivity contribution >= 4 is 11.6 Å². The van der Waals surface area contributed by atoms with E-state index in [4.69, 9.17) is 0 Å². The van der Waals surface area contributed by atoms with Gasteiger partial charge in [-0.05, 0) is 6.92 Å². The molecule has 1 heterocycles. The summed E-state index contributed by atoms with van der Waals surface area (Å²) in [4.78, 5) is 8.32. The SMILES string of the molecule is CCNc1cncc(NN(C)C)n1. The van der Waals surface area contributed by atoms with Gasteiger partial charge in [0.2, 0.25) is 0 Å². The van der Waals surface area contributed by atoms with Crippen molar-refractivity contribution < 1.29 is 0 Å². The number of hydrogen-bond acceptors (Lipinski definition) is 5. The highest BCUT2D eigenvalue weighted by molar-refractivity contribution is 5.40. The third-order valence-electron chi connectivity index (χ3n) is 1.33. The standard InChI is InChI=1S/C8H15N5/c1-4-10-7-5-9-6-8(11-7)12-13(2)3/h5-6H,4H2,1-3H3,(H2,10,11,12). The summed E-state index contributed by atoms with van der Waals surface area (Å²) < 4.78 is 0. The molecule has 1 rings (SSSR count). The van der Waals surface area contributed by atoms with Crippen LogP contribution in [0.5, 0.6) is 0 Å². The molecular formula is C8H15N5. The summed E-state index contributed by atoms with van der Waals surface area (Å²) in [6.07, 6.45) is 3.38. The zero-order chi connectivity index (χ0) is 9.68. The Morgan fingerprint density at radius 2 is 2.00 bits per heavy atom. The van der Waals surface area contributed by atoms with Crippen molar-refractivity contribution in [2.24, 2.45) is 0 Å². The van der Waals surface area contributed by atoms with Gasteiger partial charge in [0.1, 0.15) is 5.82 Å². The summed E-state index contributed by atoms with van der Waals surface area (Å²) in [6.45, 7) is 2.87. The quantitative estimate of drug-likeness (QED) is 0.673. The molecule has 0 radical (unpaired) electrons. The number of nitrogens with zero attached hydrogens (tertiary/aromatic N) is 3. The molecule has 5 nitrogen and oxygen atoms in total. The van der Waals surface area contributed by atoms with Gasteiger partial charge < -0.3 is 10.7 Å². The molecule has 2 N–H and O–H groups in total. The van der Waals surface area contributed by atoms with Gasteiger partial charge in [-0.3, -0.25) is 4.98 Å². The molecule has 0 aliphatic rings. The third kappa shape index (κ3) is 3.25. The molecular weight excluding hydrogens is 166 g/mol. The van der Waals surface area contributed by atoms with Crippen LogP contribution < -0.4 is 10.7 Å².